The molecular formula is C31H34FN7O3. The molecule has 0 atom stereocenters. The third kappa shape index (κ3) is 6.05. The number of nitriles is 1. The number of nitrogens with zero attached hydrogens (tertiary/aromatic N) is 6. The Kier molecular flexibility index (Phi) is 8.66. The van der Waals surface area contributed by atoms with Crippen LogP contribution in [0.25, 0.3) is 5.69 Å². The van der Waals surface area contributed by atoms with Gasteiger partial charge in [0.2, 0.25) is 0 Å². The highest BCUT2D eigenvalue weighted by Crippen LogP contribution is 2.27. The summed E-state index contributed by atoms with van der Waals surface area (Å²) in [5.74, 6) is -1.01. The lowest BCUT2D eigenvalue weighted by atomic mass is 9.96. The lowest BCUT2D eigenvalue weighted by molar-refractivity contribution is 0.0945. The van der Waals surface area contributed by atoms with Crippen LogP contribution in [0, 0.1) is 17.1 Å². The summed E-state index contributed by atoms with van der Waals surface area (Å²) in [7, 11) is 2.92. The normalized spacial score (nSPS) is 13.2. The minimum Gasteiger partial charge on any atom is -0.494 e. The van der Waals surface area contributed by atoms with Gasteiger partial charge in [-0.15, -0.1) is 0 Å². The number of halogens is 1. The SMILES string of the molecule is COCc1nn(Cc2ccc3c(c2)CN(C(C)C)CC3)cc1C(=O)NCc1c(-n2cc(C#N)cn2)ccc(OC)c1F. The van der Waals surface area contributed by atoms with E-state index in [1.165, 1.54) is 41.4 Å². The van der Waals surface area contributed by atoms with Crippen molar-refractivity contribution in [1.29, 1.82) is 5.26 Å². The highest BCUT2D eigenvalue weighted by Gasteiger charge is 2.22. The molecule has 2 aromatic carbocycles. The fraction of sp³-hybridized carbons (Fsp3) is 0.355. The van der Waals surface area contributed by atoms with E-state index in [1.807, 2.05) is 6.07 Å². The first-order chi connectivity index (χ1) is 20.3. The van der Waals surface area contributed by atoms with Crippen molar-refractivity contribution in [3.63, 3.8) is 0 Å². The zero-order valence-corrected chi connectivity index (χ0v) is 24.2. The summed E-state index contributed by atoms with van der Waals surface area (Å²) in [6.07, 6.45) is 5.61. The molecule has 0 spiro atoms. The van der Waals surface area contributed by atoms with Gasteiger partial charge in [0.15, 0.2) is 11.6 Å². The molecule has 5 rings (SSSR count). The van der Waals surface area contributed by atoms with E-state index in [9.17, 15) is 10.1 Å². The van der Waals surface area contributed by atoms with Crippen LogP contribution in [0.3, 0.4) is 0 Å². The molecule has 1 aliphatic rings. The molecule has 1 aliphatic heterocycles. The fourth-order valence-electron chi connectivity index (χ4n) is 5.24. The number of carbonyl (C=O) groups excluding carboxylic acids is 1. The van der Waals surface area contributed by atoms with Crippen molar-refractivity contribution in [2.24, 2.45) is 0 Å². The van der Waals surface area contributed by atoms with Crippen LogP contribution in [0.15, 0.2) is 48.9 Å². The first-order valence-corrected chi connectivity index (χ1v) is 13.8. The van der Waals surface area contributed by atoms with E-state index >= 15 is 4.39 Å². The molecule has 0 bridgehead atoms. The van der Waals surface area contributed by atoms with Crippen LogP contribution in [-0.4, -0.2) is 57.2 Å². The number of nitrogens with one attached hydrogen (secondary N) is 1. The van der Waals surface area contributed by atoms with Crippen LogP contribution in [-0.2, 0) is 37.4 Å². The van der Waals surface area contributed by atoms with E-state index in [0.717, 1.165) is 25.1 Å². The molecule has 3 heterocycles. The molecule has 1 N–H and O–H groups in total. The average Bonchev–Trinajstić information content (AvgIpc) is 3.63. The van der Waals surface area contributed by atoms with Gasteiger partial charge in [0.1, 0.15) is 11.8 Å². The predicted molar refractivity (Wildman–Crippen MR) is 154 cm³/mol. The first-order valence-electron chi connectivity index (χ1n) is 13.8. The molecule has 11 heteroatoms. The molecule has 42 heavy (non-hydrogen) atoms. The van der Waals surface area contributed by atoms with Gasteiger partial charge in [-0.2, -0.15) is 15.5 Å². The molecule has 0 unspecified atom stereocenters. The second kappa shape index (κ2) is 12.5. The second-order valence-electron chi connectivity index (χ2n) is 10.6. The van der Waals surface area contributed by atoms with Crippen molar-refractivity contribution < 1.29 is 18.7 Å². The van der Waals surface area contributed by atoms with Gasteiger partial charge < -0.3 is 14.8 Å². The molecule has 218 valence electrons. The third-order valence-corrected chi connectivity index (χ3v) is 7.54. The maximum Gasteiger partial charge on any atom is 0.255 e. The molecular weight excluding hydrogens is 537 g/mol. The van der Waals surface area contributed by atoms with Crippen LogP contribution < -0.4 is 10.1 Å². The summed E-state index contributed by atoms with van der Waals surface area (Å²) >= 11 is 0. The smallest absolute Gasteiger partial charge is 0.255 e. The Hall–Kier alpha value is -4.53. The van der Waals surface area contributed by atoms with Crippen molar-refractivity contribution in [1.82, 2.24) is 29.8 Å². The largest absolute Gasteiger partial charge is 0.494 e. The van der Waals surface area contributed by atoms with Crippen molar-refractivity contribution in [2.45, 2.75) is 52.6 Å². The zero-order valence-electron chi connectivity index (χ0n) is 24.2. The topological polar surface area (TPSA) is 110 Å². The third-order valence-electron chi connectivity index (χ3n) is 7.54. The Morgan fingerprint density at radius 1 is 1.19 bits per heavy atom. The molecule has 0 saturated carbocycles. The lowest BCUT2D eigenvalue weighted by Gasteiger charge is -2.32. The number of aromatic nitrogens is 4. The van der Waals surface area contributed by atoms with E-state index in [0.29, 0.717) is 35.1 Å². The number of hydrogen-bond acceptors (Lipinski definition) is 7. The quantitative estimate of drug-likeness (QED) is 0.307. The van der Waals surface area contributed by atoms with Gasteiger partial charge in [-0.25, -0.2) is 9.07 Å². The van der Waals surface area contributed by atoms with E-state index in [4.69, 9.17) is 9.47 Å². The number of fused-ring (bicyclic) bond motifs is 1. The number of methoxy groups -OCH3 is 2. The fourth-order valence-corrected chi connectivity index (χ4v) is 5.24. The molecule has 2 aromatic heterocycles. The van der Waals surface area contributed by atoms with E-state index in [1.54, 1.807) is 24.1 Å². The number of amides is 1. The van der Waals surface area contributed by atoms with Crippen LogP contribution >= 0.6 is 0 Å². The summed E-state index contributed by atoms with van der Waals surface area (Å²) in [5, 5.41) is 20.8. The zero-order chi connectivity index (χ0) is 29.8. The van der Waals surface area contributed by atoms with Gasteiger partial charge in [-0.05, 0) is 49.1 Å². The molecule has 0 fully saturated rings. The van der Waals surface area contributed by atoms with Crippen molar-refractivity contribution in [3.05, 3.63) is 93.8 Å². The summed E-state index contributed by atoms with van der Waals surface area (Å²) in [5.41, 5.74) is 5.49. The molecule has 0 aliphatic carbocycles. The van der Waals surface area contributed by atoms with Gasteiger partial charge >= 0.3 is 0 Å². The summed E-state index contributed by atoms with van der Waals surface area (Å²) in [6.45, 7) is 6.91. The van der Waals surface area contributed by atoms with E-state index in [-0.39, 0.29) is 24.5 Å². The minimum atomic E-state index is -0.624. The van der Waals surface area contributed by atoms with Crippen LogP contribution in [0.1, 0.15) is 57.7 Å². The number of carbonyl (C=O) groups is 1. The Morgan fingerprint density at radius 2 is 2.02 bits per heavy atom. The van der Waals surface area contributed by atoms with Crippen molar-refractivity contribution in [2.75, 3.05) is 20.8 Å². The number of hydrogen-bond donors (Lipinski definition) is 1. The number of rotatable bonds is 10. The Morgan fingerprint density at radius 3 is 2.74 bits per heavy atom. The monoisotopic (exact) mass is 571 g/mol. The van der Waals surface area contributed by atoms with Gasteiger partial charge in [0, 0.05) is 50.7 Å². The van der Waals surface area contributed by atoms with Gasteiger partial charge in [-0.3, -0.25) is 14.4 Å². The number of ether oxygens (including phenoxy) is 2. The molecule has 0 saturated heterocycles. The predicted octanol–water partition coefficient (Wildman–Crippen LogP) is 3.98. The first kappa shape index (κ1) is 29.0. The molecule has 0 radical (unpaired) electrons. The van der Waals surface area contributed by atoms with Gasteiger partial charge in [-0.1, -0.05) is 18.2 Å². The van der Waals surface area contributed by atoms with Crippen LogP contribution in [0.2, 0.25) is 0 Å². The highest BCUT2D eigenvalue weighted by molar-refractivity contribution is 5.95. The molecule has 4 aromatic rings. The molecule has 1 amide bonds. The maximum absolute atomic E-state index is 15.4. The van der Waals surface area contributed by atoms with Gasteiger partial charge in [0.05, 0.1) is 43.3 Å². The van der Waals surface area contributed by atoms with Gasteiger partial charge in [0.25, 0.3) is 5.91 Å². The minimum absolute atomic E-state index is 0.0325. The molecule has 10 nitrogen and oxygen atoms in total. The van der Waals surface area contributed by atoms with E-state index in [2.05, 4.69) is 52.5 Å². The summed E-state index contributed by atoms with van der Waals surface area (Å²) < 4.78 is 29.0. The standard InChI is InChI=1S/C31H34FN7O3/c1-20(2)37-10-9-23-6-5-21(11-24(23)17-37)15-38-18-26(27(36-38)19-41-3)31(40)34-14-25-28(7-8-29(42-4)30(25)32)39-16-22(12-33)13-35-39/h5-8,11,13,16,18,20H,9-10,14-15,17,19H2,1-4H3,(H,34,40). The van der Waals surface area contributed by atoms with Crippen molar-refractivity contribution in [3.8, 4) is 17.5 Å². The maximum atomic E-state index is 15.4. The Labute approximate surface area is 244 Å². The summed E-state index contributed by atoms with van der Waals surface area (Å²) in [4.78, 5) is 15.9. The van der Waals surface area contributed by atoms with Crippen LogP contribution in [0.5, 0.6) is 5.75 Å². The van der Waals surface area contributed by atoms with Crippen LogP contribution in [0.4, 0.5) is 4.39 Å². The van der Waals surface area contributed by atoms with Crippen molar-refractivity contribution >= 4 is 5.91 Å². The Balaban J connectivity index is 1.36. The highest BCUT2D eigenvalue weighted by atomic mass is 19.1. The lowest BCUT2D eigenvalue weighted by Crippen LogP contribution is -2.35. The summed E-state index contributed by atoms with van der Waals surface area (Å²) in [6, 6.07) is 12.1. The second-order valence-corrected chi connectivity index (χ2v) is 10.6. The average molecular weight is 572 g/mol. The number of benzene rings is 2. The van der Waals surface area contributed by atoms with E-state index < -0.39 is 11.7 Å². The Bertz CT molecular complexity index is 1640.